The summed E-state index contributed by atoms with van der Waals surface area (Å²) in [7, 11) is 0. The van der Waals surface area contributed by atoms with Crippen molar-refractivity contribution in [3.05, 3.63) is 29.8 Å². The van der Waals surface area contributed by atoms with Crippen molar-refractivity contribution in [1.82, 2.24) is 0 Å². The van der Waals surface area contributed by atoms with E-state index in [0.29, 0.717) is 5.92 Å². The molecule has 0 saturated carbocycles. The Hall–Kier alpha value is -1.02. The summed E-state index contributed by atoms with van der Waals surface area (Å²) in [4.78, 5) is 0. The summed E-state index contributed by atoms with van der Waals surface area (Å²) < 4.78 is 0. The molecule has 1 aliphatic heterocycles. The zero-order valence-corrected chi connectivity index (χ0v) is 7.99. The van der Waals surface area contributed by atoms with Gasteiger partial charge in [-0.15, -0.1) is 0 Å². The number of hydrogen-bond donors (Lipinski definition) is 2. The van der Waals surface area contributed by atoms with Crippen molar-refractivity contribution in [2.75, 3.05) is 5.32 Å². The summed E-state index contributed by atoms with van der Waals surface area (Å²) >= 11 is 0. The predicted molar refractivity (Wildman–Crippen MR) is 53.7 cm³/mol. The van der Waals surface area contributed by atoms with Crippen LogP contribution in [0.2, 0.25) is 0 Å². The van der Waals surface area contributed by atoms with Gasteiger partial charge in [-0.3, -0.25) is 0 Å². The van der Waals surface area contributed by atoms with Crippen LogP contribution in [0.4, 0.5) is 5.69 Å². The number of rotatable bonds is 1. The monoisotopic (exact) mass is 177 g/mol. The fourth-order valence-corrected chi connectivity index (χ4v) is 2.06. The lowest BCUT2D eigenvalue weighted by Gasteiger charge is -2.18. The van der Waals surface area contributed by atoms with Gasteiger partial charge in [0.1, 0.15) is 6.23 Å². The van der Waals surface area contributed by atoms with E-state index in [1.165, 1.54) is 5.56 Å². The highest BCUT2D eigenvalue weighted by molar-refractivity contribution is 5.58. The van der Waals surface area contributed by atoms with E-state index in [1.807, 2.05) is 18.2 Å². The van der Waals surface area contributed by atoms with Gasteiger partial charge in [0.2, 0.25) is 0 Å². The van der Waals surface area contributed by atoms with Gasteiger partial charge >= 0.3 is 0 Å². The summed E-state index contributed by atoms with van der Waals surface area (Å²) in [5.41, 5.74) is 2.32. The minimum atomic E-state index is -0.419. The first-order valence-electron chi connectivity index (χ1n) is 4.73. The highest BCUT2D eigenvalue weighted by atomic mass is 16.3. The maximum atomic E-state index is 9.77. The minimum absolute atomic E-state index is 0.233. The van der Waals surface area contributed by atoms with Crippen molar-refractivity contribution in [2.45, 2.75) is 26.0 Å². The van der Waals surface area contributed by atoms with E-state index in [2.05, 4.69) is 25.2 Å². The van der Waals surface area contributed by atoms with Crippen molar-refractivity contribution in [3.8, 4) is 0 Å². The molecule has 0 saturated heterocycles. The van der Waals surface area contributed by atoms with Gasteiger partial charge < -0.3 is 10.4 Å². The van der Waals surface area contributed by atoms with Crippen LogP contribution >= 0.6 is 0 Å². The van der Waals surface area contributed by atoms with Gasteiger partial charge in [-0.25, -0.2) is 0 Å². The van der Waals surface area contributed by atoms with Crippen molar-refractivity contribution >= 4 is 5.69 Å². The second kappa shape index (κ2) is 3.04. The molecule has 1 aliphatic rings. The standard InChI is InChI=1S/C11H15NO/c1-7(2)10-8-5-3-4-6-9(8)12-11(10)13/h3-7,10-13H,1-2H3. The average molecular weight is 177 g/mol. The number of hydrogen-bond acceptors (Lipinski definition) is 2. The summed E-state index contributed by atoms with van der Waals surface area (Å²) in [5, 5.41) is 12.9. The molecule has 0 aromatic heterocycles. The first-order valence-corrected chi connectivity index (χ1v) is 4.73. The Labute approximate surface area is 78.6 Å². The first kappa shape index (κ1) is 8.57. The Morgan fingerprint density at radius 2 is 2.00 bits per heavy atom. The van der Waals surface area contributed by atoms with E-state index < -0.39 is 6.23 Å². The van der Waals surface area contributed by atoms with E-state index in [4.69, 9.17) is 0 Å². The third kappa shape index (κ3) is 1.31. The molecule has 2 heteroatoms. The lowest BCUT2D eigenvalue weighted by molar-refractivity contribution is 0.158. The molecule has 0 bridgehead atoms. The highest BCUT2D eigenvalue weighted by Crippen LogP contribution is 2.38. The Morgan fingerprint density at radius 3 is 2.69 bits per heavy atom. The fourth-order valence-electron chi connectivity index (χ4n) is 2.06. The number of anilines is 1. The zero-order chi connectivity index (χ0) is 9.42. The molecule has 0 aliphatic carbocycles. The maximum absolute atomic E-state index is 9.77. The van der Waals surface area contributed by atoms with Crippen molar-refractivity contribution in [1.29, 1.82) is 0 Å². The van der Waals surface area contributed by atoms with Gasteiger partial charge in [-0.1, -0.05) is 32.0 Å². The number of fused-ring (bicyclic) bond motifs is 1. The molecule has 1 aromatic rings. The van der Waals surface area contributed by atoms with Gasteiger partial charge in [0.25, 0.3) is 0 Å². The Balaban J connectivity index is 2.40. The number of nitrogens with one attached hydrogen (secondary N) is 1. The first-order chi connectivity index (χ1) is 6.20. The van der Waals surface area contributed by atoms with Crippen LogP contribution in [0.25, 0.3) is 0 Å². The quantitative estimate of drug-likeness (QED) is 0.689. The lowest BCUT2D eigenvalue weighted by Crippen LogP contribution is -2.23. The average Bonchev–Trinajstić information content (AvgIpc) is 2.39. The van der Waals surface area contributed by atoms with Crippen molar-refractivity contribution in [3.63, 3.8) is 0 Å². The Kier molecular flexibility index (Phi) is 2.00. The van der Waals surface area contributed by atoms with E-state index >= 15 is 0 Å². The Bertz CT molecular complexity index is 309. The SMILES string of the molecule is CC(C)C1c2ccccc2NC1O. The highest BCUT2D eigenvalue weighted by Gasteiger charge is 2.32. The number of aliphatic hydroxyl groups excluding tert-OH is 1. The summed E-state index contributed by atoms with van der Waals surface area (Å²) in [6, 6.07) is 8.11. The maximum Gasteiger partial charge on any atom is 0.131 e. The van der Waals surface area contributed by atoms with Crippen LogP contribution in [-0.4, -0.2) is 11.3 Å². The summed E-state index contributed by atoms with van der Waals surface area (Å²) in [6.45, 7) is 4.27. The number of aliphatic hydroxyl groups is 1. The molecule has 0 radical (unpaired) electrons. The Morgan fingerprint density at radius 1 is 1.31 bits per heavy atom. The predicted octanol–water partition coefficient (Wildman–Crippen LogP) is 2.17. The topological polar surface area (TPSA) is 32.3 Å². The molecule has 1 aromatic carbocycles. The molecule has 2 nitrogen and oxygen atoms in total. The summed E-state index contributed by atoms with van der Waals surface area (Å²) in [5.74, 6) is 0.697. The molecule has 0 spiro atoms. The third-order valence-electron chi connectivity index (χ3n) is 2.68. The molecule has 0 amide bonds. The second-order valence-electron chi connectivity index (χ2n) is 3.95. The molecule has 2 unspecified atom stereocenters. The van der Waals surface area contributed by atoms with Gasteiger partial charge in [0.05, 0.1) is 0 Å². The van der Waals surface area contributed by atoms with Crippen LogP contribution in [0.1, 0.15) is 25.3 Å². The van der Waals surface area contributed by atoms with Crippen LogP contribution < -0.4 is 5.32 Å². The van der Waals surface area contributed by atoms with Gasteiger partial charge in [-0.2, -0.15) is 0 Å². The van der Waals surface area contributed by atoms with Crippen LogP contribution in [0.5, 0.6) is 0 Å². The van der Waals surface area contributed by atoms with Crippen LogP contribution in [0.15, 0.2) is 24.3 Å². The molecule has 2 atom stereocenters. The van der Waals surface area contributed by atoms with E-state index in [-0.39, 0.29) is 5.92 Å². The summed E-state index contributed by atoms with van der Waals surface area (Å²) in [6.07, 6.45) is -0.419. The smallest absolute Gasteiger partial charge is 0.131 e. The molecule has 1 heterocycles. The minimum Gasteiger partial charge on any atom is -0.373 e. The fraction of sp³-hybridized carbons (Fsp3) is 0.455. The molecule has 70 valence electrons. The second-order valence-corrected chi connectivity index (χ2v) is 3.95. The van der Waals surface area contributed by atoms with Crippen molar-refractivity contribution in [2.24, 2.45) is 5.92 Å². The third-order valence-corrected chi connectivity index (χ3v) is 2.68. The van der Waals surface area contributed by atoms with Crippen molar-refractivity contribution < 1.29 is 5.11 Å². The lowest BCUT2D eigenvalue weighted by atomic mass is 9.89. The zero-order valence-electron chi connectivity index (χ0n) is 7.99. The van der Waals surface area contributed by atoms with Crippen LogP contribution in [0, 0.1) is 5.92 Å². The van der Waals surface area contributed by atoms with Crippen LogP contribution in [-0.2, 0) is 0 Å². The van der Waals surface area contributed by atoms with Gasteiger partial charge in [-0.05, 0) is 17.5 Å². The molecule has 0 fully saturated rings. The molecule has 2 N–H and O–H groups in total. The van der Waals surface area contributed by atoms with E-state index in [9.17, 15) is 5.11 Å². The van der Waals surface area contributed by atoms with Gasteiger partial charge in [0, 0.05) is 11.6 Å². The molecule has 13 heavy (non-hydrogen) atoms. The molecular formula is C11H15NO. The van der Waals surface area contributed by atoms with E-state index in [1.54, 1.807) is 0 Å². The van der Waals surface area contributed by atoms with Crippen LogP contribution in [0.3, 0.4) is 0 Å². The number of para-hydroxylation sites is 1. The largest absolute Gasteiger partial charge is 0.373 e. The molecule has 2 rings (SSSR count). The number of benzene rings is 1. The molecular weight excluding hydrogens is 162 g/mol. The normalized spacial score (nSPS) is 25.8. The van der Waals surface area contributed by atoms with Gasteiger partial charge in [0.15, 0.2) is 0 Å². The van der Waals surface area contributed by atoms with E-state index in [0.717, 1.165) is 5.69 Å².